The zero-order valence-electron chi connectivity index (χ0n) is 7.58. The van der Waals surface area contributed by atoms with E-state index < -0.39 is 0 Å². The first-order valence-electron chi connectivity index (χ1n) is 4.11. The molecule has 1 nitrogen and oxygen atoms in total. The number of hydrogen-bond donors (Lipinski definition) is 1. The van der Waals surface area contributed by atoms with Crippen molar-refractivity contribution in [2.45, 2.75) is 11.5 Å². The van der Waals surface area contributed by atoms with Crippen LogP contribution in [0.2, 0.25) is 0 Å². The quantitative estimate of drug-likeness (QED) is 0.666. The maximum absolute atomic E-state index is 9.35. The first-order chi connectivity index (χ1) is 6.77. The van der Waals surface area contributed by atoms with Crippen LogP contribution < -0.4 is 0 Å². The number of fused-ring (bicyclic) bond motifs is 1. The molecule has 14 heavy (non-hydrogen) atoms. The van der Waals surface area contributed by atoms with E-state index in [0.717, 1.165) is 5.56 Å². The van der Waals surface area contributed by atoms with E-state index in [1.54, 1.807) is 23.1 Å². The molecule has 0 fully saturated rings. The summed E-state index contributed by atoms with van der Waals surface area (Å²) >= 11 is 5.74. The summed E-state index contributed by atoms with van der Waals surface area (Å²) in [4.78, 5) is 1.25. The fraction of sp³-hybridized carbons (Fsp3) is 0.200. The summed E-state index contributed by atoms with van der Waals surface area (Å²) < 4.78 is 2.40. The molecular formula is C10H9IOS2. The van der Waals surface area contributed by atoms with E-state index in [4.69, 9.17) is 0 Å². The Bertz CT molecular complexity index is 464. The lowest BCUT2D eigenvalue weighted by molar-refractivity contribution is 0.282. The summed E-state index contributed by atoms with van der Waals surface area (Å²) in [5, 5.41) is 12.7. The van der Waals surface area contributed by atoms with Crippen molar-refractivity contribution in [3.8, 4) is 0 Å². The molecule has 0 amide bonds. The van der Waals surface area contributed by atoms with Crippen molar-refractivity contribution in [2.75, 3.05) is 6.26 Å². The van der Waals surface area contributed by atoms with Gasteiger partial charge in [-0.15, -0.1) is 23.1 Å². The van der Waals surface area contributed by atoms with Gasteiger partial charge in [0.1, 0.15) is 0 Å². The lowest BCUT2D eigenvalue weighted by Crippen LogP contribution is -1.91. The van der Waals surface area contributed by atoms with Gasteiger partial charge in [-0.3, -0.25) is 0 Å². The smallest absolute Gasteiger partial charge is 0.0706 e. The first kappa shape index (κ1) is 10.7. The van der Waals surface area contributed by atoms with E-state index in [1.165, 1.54) is 18.6 Å². The number of rotatable bonds is 2. The van der Waals surface area contributed by atoms with Gasteiger partial charge in [0.05, 0.1) is 6.61 Å². The number of benzene rings is 1. The van der Waals surface area contributed by atoms with Crippen molar-refractivity contribution < 1.29 is 5.11 Å². The van der Waals surface area contributed by atoms with Crippen molar-refractivity contribution in [1.82, 2.24) is 0 Å². The van der Waals surface area contributed by atoms with Gasteiger partial charge in [0.2, 0.25) is 0 Å². The predicted octanol–water partition coefficient (Wildman–Crippen LogP) is 3.72. The topological polar surface area (TPSA) is 20.2 Å². The van der Waals surface area contributed by atoms with Gasteiger partial charge in [-0.1, -0.05) is 0 Å². The Morgan fingerprint density at radius 1 is 1.57 bits per heavy atom. The first-order valence-corrected chi connectivity index (χ1v) is 7.29. The average molecular weight is 336 g/mol. The number of thioether (sulfide) groups is 1. The Labute approximate surface area is 105 Å². The highest BCUT2D eigenvalue weighted by Gasteiger charge is 2.10. The summed E-state index contributed by atoms with van der Waals surface area (Å²) in [6.07, 6.45) is 2.07. The Balaban J connectivity index is 2.80. The second-order valence-electron chi connectivity index (χ2n) is 2.87. The van der Waals surface area contributed by atoms with Crippen LogP contribution in [-0.2, 0) is 6.61 Å². The van der Waals surface area contributed by atoms with Gasteiger partial charge in [0, 0.05) is 18.7 Å². The lowest BCUT2D eigenvalue weighted by Gasteiger charge is -2.07. The van der Waals surface area contributed by atoms with Crippen LogP contribution in [0.4, 0.5) is 0 Å². The molecule has 74 valence electrons. The highest BCUT2D eigenvalue weighted by Crippen LogP contribution is 2.34. The third-order valence-corrected chi connectivity index (χ3v) is 5.47. The van der Waals surface area contributed by atoms with Gasteiger partial charge in [0.25, 0.3) is 0 Å². The monoisotopic (exact) mass is 336 g/mol. The molecule has 1 N–H and O–H groups in total. The maximum Gasteiger partial charge on any atom is 0.0706 e. The van der Waals surface area contributed by atoms with Crippen molar-refractivity contribution in [1.29, 1.82) is 0 Å². The molecule has 0 spiro atoms. The third-order valence-electron chi connectivity index (χ3n) is 2.12. The van der Waals surface area contributed by atoms with Crippen molar-refractivity contribution in [3.05, 3.63) is 26.6 Å². The molecule has 0 radical (unpaired) electrons. The Kier molecular flexibility index (Phi) is 3.36. The fourth-order valence-electron chi connectivity index (χ4n) is 1.42. The predicted molar refractivity (Wildman–Crippen MR) is 72.2 cm³/mol. The minimum atomic E-state index is 0.129. The maximum atomic E-state index is 9.35. The van der Waals surface area contributed by atoms with Gasteiger partial charge < -0.3 is 5.11 Å². The van der Waals surface area contributed by atoms with E-state index in [-0.39, 0.29) is 6.61 Å². The van der Waals surface area contributed by atoms with Gasteiger partial charge in [0.15, 0.2) is 0 Å². The number of hydrogen-bond acceptors (Lipinski definition) is 3. The molecule has 0 aliphatic heterocycles. The fourth-order valence-corrected chi connectivity index (χ4v) is 4.33. The van der Waals surface area contributed by atoms with Crippen LogP contribution in [0, 0.1) is 3.57 Å². The number of thiophene rings is 1. The molecule has 4 heteroatoms. The third kappa shape index (κ3) is 1.68. The van der Waals surface area contributed by atoms with Crippen LogP contribution in [0.5, 0.6) is 0 Å². The molecule has 0 atom stereocenters. The van der Waals surface area contributed by atoms with Gasteiger partial charge in [-0.05, 0) is 51.7 Å². The van der Waals surface area contributed by atoms with Gasteiger partial charge >= 0.3 is 0 Å². The molecule has 0 saturated heterocycles. The summed E-state index contributed by atoms with van der Waals surface area (Å²) in [5.74, 6) is 0. The highest BCUT2D eigenvalue weighted by atomic mass is 127. The van der Waals surface area contributed by atoms with E-state index in [9.17, 15) is 5.11 Å². The molecule has 0 aliphatic rings. The van der Waals surface area contributed by atoms with E-state index in [2.05, 4.69) is 46.4 Å². The van der Waals surface area contributed by atoms with Crippen LogP contribution in [0.3, 0.4) is 0 Å². The second-order valence-corrected chi connectivity index (χ2v) is 5.71. The molecule has 1 aromatic heterocycles. The summed E-state index contributed by atoms with van der Waals surface area (Å²) in [7, 11) is 0. The number of aliphatic hydroxyl groups is 1. The minimum Gasteiger partial charge on any atom is -0.392 e. The molecule has 0 unspecified atom stereocenters. The van der Waals surface area contributed by atoms with Crippen LogP contribution >= 0.6 is 45.7 Å². The van der Waals surface area contributed by atoms with Crippen molar-refractivity contribution in [2.24, 2.45) is 0 Å². The van der Waals surface area contributed by atoms with Crippen LogP contribution in [-0.4, -0.2) is 11.4 Å². The normalized spacial score (nSPS) is 11.1. The van der Waals surface area contributed by atoms with Gasteiger partial charge in [-0.2, -0.15) is 0 Å². The Hall–Kier alpha value is 0.220. The van der Waals surface area contributed by atoms with Gasteiger partial charge in [-0.25, -0.2) is 0 Å². The molecular weight excluding hydrogens is 327 g/mol. The average Bonchev–Trinajstić information content (AvgIpc) is 2.64. The largest absolute Gasteiger partial charge is 0.392 e. The van der Waals surface area contributed by atoms with E-state index >= 15 is 0 Å². The SMILES string of the molecule is CSc1cc2ccsc2c(CO)c1I. The van der Waals surface area contributed by atoms with Crippen molar-refractivity contribution >= 4 is 55.8 Å². The summed E-state index contributed by atoms with van der Waals surface area (Å²) in [6.45, 7) is 0.129. The Morgan fingerprint density at radius 2 is 2.36 bits per heavy atom. The van der Waals surface area contributed by atoms with Crippen LogP contribution in [0.25, 0.3) is 10.1 Å². The van der Waals surface area contributed by atoms with E-state index in [1.807, 2.05) is 0 Å². The molecule has 0 bridgehead atoms. The lowest BCUT2D eigenvalue weighted by atomic mass is 10.2. The molecule has 0 aliphatic carbocycles. The van der Waals surface area contributed by atoms with E-state index in [0.29, 0.717) is 0 Å². The van der Waals surface area contributed by atoms with Crippen molar-refractivity contribution in [3.63, 3.8) is 0 Å². The molecule has 1 heterocycles. The molecule has 0 saturated carbocycles. The number of aliphatic hydroxyl groups excluding tert-OH is 1. The minimum absolute atomic E-state index is 0.129. The van der Waals surface area contributed by atoms with Crippen LogP contribution in [0.1, 0.15) is 5.56 Å². The number of halogens is 1. The zero-order chi connectivity index (χ0) is 10.1. The summed E-state index contributed by atoms with van der Waals surface area (Å²) in [5.41, 5.74) is 1.07. The Morgan fingerprint density at radius 3 is 3.00 bits per heavy atom. The summed E-state index contributed by atoms with van der Waals surface area (Å²) in [6, 6.07) is 4.30. The highest BCUT2D eigenvalue weighted by molar-refractivity contribution is 14.1. The molecule has 2 rings (SSSR count). The van der Waals surface area contributed by atoms with Crippen LogP contribution in [0.15, 0.2) is 22.4 Å². The molecule has 2 aromatic rings. The molecule has 1 aromatic carbocycles. The second kappa shape index (κ2) is 4.38. The zero-order valence-corrected chi connectivity index (χ0v) is 11.4. The standard InChI is InChI=1S/C10H9IOS2/c1-13-8-4-6-2-3-14-10(6)7(5-12)9(8)11/h2-4,12H,5H2,1H3.